The number of aromatic nitrogens is 1. The van der Waals surface area contributed by atoms with E-state index in [4.69, 9.17) is 12.2 Å². The quantitative estimate of drug-likeness (QED) is 0.651. The first-order valence-electron chi connectivity index (χ1n) is 8.67. The molecule has 0 saturated heterocycles. The Morgan fingerprint density at radius 2 is 1.88 bits per heavy atom. The minimum Gasteiger partial charge on any atom is -0.312 e. The Balaban J connectivity index is 1.74. The van der Waals surface area contributed by atoms with E-state index in [2.05, 4.69) is 52.8 Å². The molecule has 4 heteroatoms. The summed E-state index contributed by atoms with van der Waals surface area (Å²) in [6.45, 7) is 0.824. The van der Waals surface area contributed by atoms with Crippen LogP contribution >= 0.6 is 12.2 Å². The predicted molar refractivity (Wildman–Crippen MR) is 103 cm³/mol. The molecule has 1 aliphatic rings. The van der Waals surface area contributed by atoms with Crippen molar-refractivity contribution in [3.63, 3.8) is 0 Å². The van der Waals surface area contributed by atoms with Crippen molar-refractivity contribution in [2.24, 2.45) is 0 Å². The molecule has 0 unspecified atom stereocenters. The van der Waals surface area contributed by atoms with E-state index < -0.39 is 0 Å². The van der Waals surface area contributed by atoms with Gasteiger partial charge >= 0.3 is 0 Å². The van der Waals surface area contributed by atoms with Crippen molar-refractivity contribution in [1.82, 2.24) is 15.4 Å². The maximum atomic E-state index is 5.88. The molecule has 1 fully saturated rings. The first kappa shape index (κ1) is 17.1. The van der Waals surface area contributed by atoms with Gasteiger partial charge in [0.25, 0.3) is 0 Å². The van der Waals surface area contributed by atoms with Gasteiger partial charge in [-0.1, -0.05) is 67.9 Å². The number of hydrazine groups is 1. The highest BCUT2D eigenvalue weighted by molar-refractivity contribution is 7.80. The summed E-state index contributed by atoms with van der Waals surface area (Å²) in [4.78, 5) is 5.26. The highest BCUT2D eigenvalue weighted by atomic mass is 32.1. The zero-order valence-electron chi connectivity index (χ0n) is 14.2. The molecule has 0 amide bonds. The van der Waals surface area contributed by atoms with Crippen molar-refractivity contribution in [1.29, 1.82) is 0 Å². The third-order valence-electron chi connectivity index (χ3n) is 4.91. The minimum atomic E-state index is -0.0766. The first-order valence-corrected chi connectivity index (χ1v) is 9.08. The average molecular weight is 340 g/mol. The molecule has 0 radical (unpaired) electrons. The maximum absolute atomic E-state index is 5.88. The number of nitrogens with zero attached hydrogens (tertiary/aromatic N) is 2. The van der Waals surface area contributed by atoms with E-state index in [-0.39, 0.29) is 5.41 Å². The smallest absolute Gasteiger partial charge is 0.100 e. The number of nitrogens with one attached hydrogen (secondary N) is 1. The highest BCUT2D eigenvalue weighted by Gasteiger charge is 2.38. The summed E-state index contributed by atoms with van der Waals surface area (Å²) in [5.41, 5.74) is 5.92. The lowest BCUT2D eigenvalue weighted by molar-refractivity contribution is 0.267. The van der Waals surface area contributed by atoms with Gasteiger partial charge in [-0.2, -0.15) is 0 Å². The van der Waals surface area contributed by atoms with E-state index in [1.54, 1.807) is 0 Å². The number of thiocarbonyl (C=S) groups is 1. The van der Waals surface area contributed by atoms with Crippen LogP contribution in [0, 0.1) is 0 Å². The van der Waals surface area contributed by atoms with Crippen molar-refractivity contribution in [3.8, 4) is 0 Å². The second kappa shape index (κ2) is 7.86. The van der Waals surface area contributed by atoms with Crippen LogP contribution in [-0.2, 0) is 12.0 Å². The molecule has 1 aliphatic carbocycles. The topological polar surface area (TPSA) is 28.2 Å². The summed E-state index contributed by atoms with van der Waals surface area (Å²) in [6.07, 6.45) is 9.75. The zero-order chi connectivity index (χ0) is 16.8. The molecular formula is C20H25N3S. The fraction of sp³-hybridized carbons (Fsp3) is 0.400. The predicted octanol–water partition coefficient (Wildman–Crippen LogP) is 4.25. The van der Waals surface area contributed by atoms with E-state index >= 15 is 0 Å². The van der Waals surface area contributed by atoms with Gasteiger partial charge in [-0.05, 0) is 30.0 Å². The molecule has 3 nitrogen and oxygen atoms in total. The van der Waals surface area contributed by atoms with Crippen LogP contribution in [0.2, 0.25) is 0 Å². The lowest BCUT2D eigenvalue weighted by atomic mass is 9.70. The van der Waals surface area contributed by atoms with Crippen LogP contribution in [0.25, 0.3) is 0 Å². The molecule has 0 bridgehead atoms. The normalized spacial score (nSPS) is 16.8. The fourth-order valence-electron chi connectivity index (χ4n) is 3.63. The van der Waals surface area contributed by atoms with Crippen LogP contribution in [0.3, 0.4) is 0 Å². The fourth-order valence-corrected chi connectivity index (χ4v) is 4.10. The second-order valence-corrected chi connectivity index (χ2v) is 7.08. The van der Waals surface area contributed by atoms with Crippen LogP contribution in [0.1, 0.15) is 43.2 Å². The Morgan fingerprint density at radius 3 is 2.54 bits per heavy atom. The van der Waals surface area contributed by atoms with E-state index in [0.717, 1.165) is 24.4 Å². The minimum absolute atomic E-state index is 0.0766. The largest absolute Gasteiger partial charge is 0.312 e. The highest BCUT2D eigenvalue weighted by Crippen LogP contribution is 2.40. The van der Waals surface area contributed by atoms with Gasteiger partial charge in [0.05, 0.1) is 0 Å². The third kappa shape index (κ3) is 3.82. The molecule has 1 aromatic heterocycles. The Hall–Kier alpha value is -1.78. The molecule has 1 heterocycles. The number of benzene rings is 1. The van der Waals surface area contributed by atoms with Crippen LogP contribution < -0.4 is 5.43 Å². The monoisotopic (exact) mass is 339 g/mol. The summed E-state index contributed by atoms with van der Waals surface area (Å²) in [7, 11) is 2.05. The summed E-state index contributed by atoms with van der Waals surface area (Å²) in [6, 6.07) is 14.6. The number of hydrogen-bond acceptors (Lipinski definition) is 3. The average Bonchev–Trinajstić information content (AvgIpc) is 2.63. The van der Waals surface area contributed by atoms with Gasteiger partial charge in [0.1, 0.15) is 4.99 Å². The first-order chi connectivity index (χ1) is 11.7. The van der Waals surface area contributed by atoms with E-state index in [0.29, 0.717) is 0 Å². The Morgan fingerprint density at radius 1 is 1.12 bits per heavy atom. The van der Waals surface area contributed by atoms with E-state index in [1.165, 1.54) is 30.4 Å². The van der Waals surface area contributed by atoms with Gasteiger partial charge in [-0.15, -0.1) is 0 Å². The van der Waals surface area contributed by atoms with Crippen molar-refractivity contribution in [2.75, 3.05) is 7.05 Å². The lowest BCUT2D eigenvalue weighted by Crippen LogP contribution is -2.50. The van der Waals surface area contributed by atoms with E-state index in [1.807, 2.05) is 24.5 Å². The van der Waals surface area contributed by atoms with Gasteiger partial charge in [0.15, 0.2) is 0 Å². The standard InChI is InChI=1S/C20H25N3S/c1-23(16-17-9-4-2-5-10-17)22-19(24)20(12-6-3-7-13-20)18-11-8-14-21-15-18/h2,4-5,8-11,14-15H,3,6-7,12-13,16H2,1H3,(H,22,24). The van der Waals surface area contributed by atoms with Crippen molar-refractivity contribution in [2.45, 2.75) is 44.1 Å². The molecule has 3 rings (SSSR count). The van der Waals surface area contributed by atoms with Gasteiger partial charge in [0.2, 0.25) is 0 Å². The van der Waals surface area contributed by atoms with Crippen molar-refractivity contribution < 1.29 is 0 Å². The molecule has 1 aromatic carbocycles. The number of hydrogen-bond donors (Lipinski definition) is 1. The molecule has 0 atom stereocenters. The van der Waals surface area contributed by atoms with Gasteiger partial charge in [0, 0.05) is 31.4 Å². The molecular weight excluding hydrogens is 314 g/mol. The van der Waals surface area contributed by atoms with E-state index in [9.17, 15) is 0 Å². The molecule has 0 spiro atoms. The summed E-state index contributed by atoms with van der Waals surface area (Å²) >= 11 is 5.88. The molecule has 126 valence electrons. The van der Waals surface area contributed by atoms with Crippen molar-refractivity contribution in [3.05, 3.63) is 66.0 Å². The molecule has 1 saturated carbocycles. The molecule has 1 N–H and O–H groups in total. The van der Waals surface area contributed by atoms with Gasteiger partial charge in [-0.3, -0.25) is 4.98 Å². The van der Waals surface area contributed by atoms with Crippen LogP contribution in [0.4, 0.5) is 0 Å². The van der Waals surface area contributed by atoms with Gasteiger partial charge in [-0.25, -0.2) is 5.01 Å². The lowest BCUT2D eigenvalue weighted by Gasteiger charge is -2.39. The second-order valence-electron chi connectivity index (χ2n) is 6.67. The zero-order valence-corrected chi connectivity index (χ0v) is 15.1. The van der Waals surface area contributed by atoms with Gasteiger partial charge < -0.3 is 5.43 Å². The van der Waals surface area contributed by atoms with Crippen LogP contribution in [0.5, 0.6) is 0 Å². The van der Waals surface area contributed by atoms with Crippen LogP contribution in [-0.4, -0.2) is 22.0 Å². The Kier molecular flexibility index (Phi) is 5.59. The summed E-state index contributed by atoms with van der Waals surface area (Å²) in [5.74, 6) is 0. The van der Waals surface area contributed by atoms with Crippen molar-refractivity contribution >= 4 is 17.2 Å². The number of rotatable bonds is 5. The summed E-state index contributed by atoms with van der Waals surface area (Å²) in [5, 5.41) is 2.09. The molecule has 0 aliphatic heterocycles. The number of pyridine rings is 1. The summed E-state index contributed by atoms with van der Waals surface area (Å²) < 4.78 is 0. The maximum Gasteiger partial charge on any atom is 0.100 e. The van der Waals surface area contributed by atoms with Crippen LogP contribution in [0.15, 0.2) is 54.9 Å². The SMILES string of the molecule is CN(Cc1ccccc1)NC(=S)C1(c2cccnc2)CCCCC1. The third-order valence-corrected chi connectivity index (χ3v) is 5.39. The Labute approximate surface area is 150 Å². The molecule has 24 heavy (non-hydrogen) atoms. The Bertz CT molecular complexity index is 651. The molecule has 2 aromatic rings.